The summed E-state index contributed by atoms with van der Waals surface area (Å²) in [6, 6.07) is 13.2. The molecule has 0 saturated heterocycles. The molecule has 7 heteroatoms. The van der Waals surface area contributed by atoms with Gasteiger partial charge >= 0.3 is 0 Å². The molecule has 1 aliphatic heterocycles. The van der Waals surface area contributed by atoms with Crippen molar-refractivity contribution in [3.05, 3.63) is 59.2 Å². The van der Waals surface area contributed by atoms with E-state index in [1.807, 2.05) is 32.0 Å². The normalized spacial score (nSPS) is 17.7. The minimum Gasteiger partial charge on any atom is -0.476 e. The lowest BCUT2D eigenvalue weighted by Crippen LogP contribution is -2.50. The van der Waals surface area contributed by atoms with E-state index in [0.29, 0.717) is 11.4 Å². The number of rotatable bonds is 4. The van der Waals surface area contributed by atoms with Crippen molar-refractivity contribution >= 4 is 21.6 Å². The molecular weight excluding hydrogens is 400 g/mol. The summed E-state index contributed by atoms with van der Waals surface area (Å²) in [6.45, 7) is 10.2. The highest BCUT2D eigenvalue weighted by Crippen LogP contribution is 2.36. The molecule has 0 unspecified atom stereocenters. The number of benzene rings is 2. The van der Waals surface area contributed by atoms with Gasteiger partial charge in [-0.2, -0.15) is 0 Å². The monoisotopic (exact) mass is 430 g/mol. The standard InChI is InChI=1S/C23H30N2O4S/c1-15-7-12-20-19(13-15)25(30(6,27)28)14-21(29-20)22(26)24-16(2)17-8-10-18(11-9-17)23(3,4)5/h7-13,16,21H,14H2,1-6H3,(H,24,26)/t16-,21-/m0/s1. The van der Waals surface area contributed by atoms with Crippen LogP contribution in [0.2, 0.25) is 0 Å². The molecule has 0 spiro atoms. The van der Waals surface area contributed by atoms with E-state index >= 15 is 0 Å². The zero-order valence-corrected chi connectivity index (χ0v) is 19.2. The van der Waals surface area contributed by atoms with Crippen molar-refractivity contribution in [1.82, 2.24) is 5.32 Å². The van der Waals surface area contributed by atoms with Crippen LogP contribution in [-0.4, -0.2) is 33.2 Å². The Labute approximate surface area is 179 Å². The highest BCUT2D eigenvalue weighted by atomic mass is 32.2. The maximum atomic E-state index is 12.9. The van der Waals surface area contributed by atoms with Gasteiger partial charge in [0.1, 0.15) is 5.75 Å². The van der Waals surface area contributed by atoms with Crippen LogP contribution in [0.25, 0.3) is 0 Å². The summed E-state index contributed by atoms with van der Waals surface area (Å²) in [5.74, 6) is 0.0434. The highest BCUT2D eigenvalue weighted by molar-refractivity contribution is 7.92. The number of fused-ring (bicyclic) bond motifs is 1. The van der Waals surface area contributed by atoms with Crippen LogP contribution in [0.1, 0.15) is 50.4 Å². The Morgan fingerprint density at radius 1 is 1.17 bits per heavy atom. The van der Waals surface area contributed by atoms with Gasteiger partial charge in [-0.25, -0.2) is 8.42 Å². The lowest BCUT2D eigenvalue weighted by molar-refractivity contribution is -0.128. The SMILES string of the molecule is Cc1ccc2c(c1)N(S(C)(=O)=O)C[C@@H](C(=O)N[C@@H](C)c1ccc(C(C)(C)C)cc1)O2. The van der Waals surface area contributed by atoms with Gasteiger partial charge in [0.05, 0.1) is 24.5 Å². The molecule has 0 radical (unpaired) electrons. The van der Waals surface area contributed by atoms with Crippen molar-refractivity contribution in [1.29, 1.82) is 0 Å². The van der Waals surface area contributed by atoms with Crippen LogP contribution in [0, 0.1) is 6.92 Å². The van der Waals surface area contributed by atoms with Crippen LogP contribution < -0.4 is 14.4 Å². The number of anilines is 1. The molecule has 2 aromatic carbocycles. The largest absolute Gasteiger partial charge is 0.476 e. The lowest BCUT2D eigenvalue weighted by Gasteiger charge is -2.34. The number of aryl methyl sites for hydroxylation is 1. The van der Waals surface area contributed by atoms with E-state index < -0.39 is 16.1 Å². The highest BCUT2D eigenvalue weighted by Gasteiger charge is 2.35. The third kappa shape index (κ3) is 4.78. The van der Waals surface area contributed by atoms with Crippen LogP contribution >= 0.6 is 0 Å². The molecule has 1 aliphatic rings. The van der Waals surface area contributed by atoms with E-state index in [1.54, 1.807) is 12.1 Å². The molecular formula is C23H30N2O4S. The molecule has 30 heavy (non-hydrogen) atoms. The second-order valence-electron chi connectivity index (χ2n) is 8.97. The van der Waals surface area contributed by atoms with Crippen LogP contribution in [0.3, 0.4) is 0 Å². The van der Waals surface area contributed by atoms with E-state index in [1.165, 1.54) is 9.87 Å². The van der Waals surface area contributed by atoms with Gasteiger partial charge in [-0.05, 0) is 48.1 Å². The average molecular weight is 431 g/mol. The Kier molecular flexibility index (Phi) is 5.87. The lowest BCUT2D eigenvalue weighted by atomic mass is 9.86. The minimum atomic E-state index is -3.55. The Morgan fingerprint density at radius 3 is 2.37 bits per heavy atom. The second-order valence-corrected chi connectivity index (χ2v) is 10.9. The molecule has 162 valence electrons. The van der Waals surface area contributed by atoms with Gasteiger partial charge in [-0.15, -0.1) is 0 Å². The molecule has 0 saturated carbocycles. The number of amides is 1. The molecule has 0 fully saturated rings. The van der Waals surface area contributed by atoms with Gasteiger partial charge in [0, 0.05) is 0 Å². The maximum absolute atomic E-state index is 12.9. The van der Waals surface area contributed by atoms with Crippen LogP contribution in [0.4, 0.5) is 5.69 Å². The molecule has 3 rings (SSSR count). The van der Waals surface area contributed by atoms with Gasteiger partial charge in [-0.3, -0.25) is 9.10 Å². The van der Waals surface area contributed by atoms with Crippen molar-refractivity contribution in [2.45, 2.75) is 52.2 Å². The quantitative estimate of drug-likeness (QED) is 0.803. The van der Waals surface area contributed by atoms with Gasteiger partial charge in [0.2, 0.25) is 10.0 Å². The fourth-order valence-electron chi connectivity index (χ4n) is 3.47. The number of hydrogen-bond acceptors (Lipinski definition) is 4. The number of carbonyl (C=O) groups is 1. The minimum absolute atomic E-state index is 0.0573. The first kappa shape index (κ1) is 22.2. The third-order valence-corrected chi connectivity index (χ3v) is 6.46. The Bertz CT molecular complexity index is 1040. The number of sulfonamides is 1. The molecule has 2 atom stereocenters. The predicted molar refractivity (Wildman–Crippen MR) is 119 cm³/mol. The topological polar surface area (TPSA) is 75.7 Å². The zero-order chi connectivity index (χ0) is 22.3. The Morgan fingerprint density at radius 2 is 1.80 bits per heavy atom. The van der Waals surface area contributed by atoms with Crippen molar-refractivity contribution in [3.8, 4) is 5.75 Å². The number of ether oxygens (including phenoxy) is 1. The number of nitrogens with zero attached hydrogens (tertiary/aromatic N) is 1. The van der Waals surface area contributed by atoms with Gasteiger partial charge in [0.15, 0.2) is 6.10 Å². The molecule has 0 aromatic heterocycles. The number of nitrogens with one attached hydrogen (secondary N) is 1. The molecule has 0 bridgehead atoms. The molecule has 1 amide bonds. The average Bonchev–Trinajstić information content (AvgIpc) is 2.65. The second kappa shape index (κ2) is 7.95. The molecule has 1 heterocycles. The van der Waals surface area contributed by atoms with Crippen molar-refractivity contribution in [2.24, 2.45) is 0 Å². The van der Waals surface area contributed by atoms with Gasteiger partial charge < -0.3 is 10.1 Å². The smallest absolute Gasteiger partial charge is 0.263 e. The summed E-state index contributed by atoms with van der Waals surface area (Å²) in [7, 11) is -3.55. The zero-order valence-electron chi connectivity index (χ0n) is 18.4. The fourth-order valence-corrected chi connectivity index (χ4v) is 4.38. The summed E-state index contributed by atoms with van der Waals surface area (Å²) in [4.78, 5) is 12.9. The van der Waals surface area contributed by atoms with Crippen molar-refractivity contribution < 1.29 is 17.9 Å². The number of hydrogen-bond donors (Lipinski definition) is 1. The summed E-state index contributed by atoms with van der Waals surface area (Å²) in [5, 5.41) is 2.95. The van der Waals surface area contributed by atoms with E-state index in [9.17, 15) is 13.2 Å². The van der Waals surface area contributed by atoms with Gasteiger partial charge in [0.25, 0.3) is 5.91 Å². The van der Waals surface area contributed by atoms with Crippen molar-refractivity contribution in [3.63, 3.8) is 0 Å². The molecule has 0 aliphatic carbocycles. The Hall–Kier alpha value is -2.54. The van der Waals surface area contributed by atoms with Gasteiger partial charge in [-0.1, -0.05) is 51.1 Å². The first-order valence-electron chi connectivity index (χ1n) is 10.0. The van der Waals surface area contributed by atoms with Crippen LogP contribution in [-0.2, 0) is 20.2 Å². The van der Waals surface area contributed by atoms with E-state index in [0.717, 1.165) is 17.4 Å². The Balaban J connectivity index is 1.77. The van der Waals surface area contributed by atoms with Crippen LogP contribution in [0.15, 0.2) is 42.5 Å². The molecule has 6 nitrogen and oxygen atoms in total. The van der Waals surface area contributed by atoms with Crippen LogP contribution in [0.5, 0.6) is 5.75 Å². The molecule has 2 aromatic rings. The van der Waals surface area contributed by atoms with E-state index in [4.69, 9.17) is 4.74 Å². The summed E-state index contributed by atoms with van der Waals surface area (Å²) in [6.07, 6.45) is 0.213. The fraction of sp³-hybridized carbons (Fsp3) is 0.435. The van der Waals surface area contributed by atoms with Crippen molar-refractivity contribution in [2.75, 3.05) is 17.1 Å². The van der Waals surface area contributed by atoms with E-state index in [2.05, 4.69) is 38.2 Å². The molecule has 1 N–H and O–H groups in total. The van der Waals surface area contributed by atoms with E-state index in [-0.39, 0.29) is 23.9 Å². The summed E-state index contributed by atoms with van der Waals surface area (Å²) in [5.41, 5.74) is 3.63. The summed E-state index contributed by atoms with van der Waals surface area (Å²) < 4.78 is 31.7. The predicted octanol–water partition coefficient (Wildman–Crippen LogP) is 3.70. The summed E-state index contributed by atoms with van der Waals surface area (Å²) >= 11 is 0. The first-order valence-corrected chi connectivity index (χ1v) is 11.9. The third-order valence-electron chi connectivity index (χ3n) is 5.31. The number of carbonyl (C=O) groups excluding carboxylic acids is 1. The first-order chi connectivity index (χ1) is 13.9. The maximum Gasteiger partial charge on any atom is 0.263 e.